The Kier molecular flexibility index (Phi) is 6.10. The molecule has 2 aromatic rings. The molecule has 0 saturated carbocycles. The number of carbonyl (C=O) groups is 1. The molecule has 1 aromatic heterocycles. The molecule has 0 bridgehead atoms. The van der Waals surface area contributed by atoms with E-state index >= 15 is 0 Å². The molecule has 0 unspecified atom stereocenters. The van der Waals surface area contributed by atoms with Gasteiger partial charge in [-0.25, -0.2) is 4.99 Å². The van der Waals surface area contributed by atoms with E-state index in [2.05, 4.69) is 10.3 Å². The highest BCUT2D eigenvalue weighted by atomic mass is 16.7. The third-order valence-corrected chi connectivity index (χ3v) is 3.48. The molecule has 1 aromatic carbocycles. The molecule has 138 valence electrons. The Bertz CT molecular complexity index is 757. The summed E-state index contributed by atoms with van der Waals surface area (Å²) in [5, 5.41) is 2.66. The third-order valence-electron chi connectivity index (χ3n) is 3.48. The number of hydrogen-bond acceptors (Lipinski definition) is 7. The lowest BCUT2D eigenvalue weighted by Crippen LogP contribution is -2.33. The number of amidine groups is 1. The predicted octanol–water partition coefficient (Wildman–Crippen LogP) is 2.35. The van der Waals surface area contributed by atoms with Crippen LogP contribution in [0.4, 0.5) is 0 Å². The maximum absolute atomic E-state index is 12.5. The third kappa shape index (κ3) is 4.76. The molecule has 3 rings (SSSR count). The second-order valence-corrected chi connectivity index (χ2v) is 5.27. The SMILES string of the molecule is CCOCCOC(=NCc1ccco1)NC(=O)c1ccc2c(c1)OCO2. The van der Waals surface area contributed by atoms with E-state index in [1.807, 2.05) is 6.92 Å². The average molecular weight is 360 g/mol. The number of amides is 1. The monoisotopic (exact) mass is 360 g/mol. The summed E-state index contributed by atoms with van der Waals surface area (Å²) in [5.74, 6) is 1.44. The Morgan fingerprint density at radius 2 is 2.12 bits per heavy atom. The van der Waals surface area contributed by atoms with Gasteiger partial charge in [-0.05, 0) is 37.3 Å². The Hall–Kier alpha value is -3.00. The van der Waals surface area contributed by atoms with Gasteiger partial charge in [-0.2, -0.15) is 0 Å². The minimum Gasteiger partial charge on any atom is -0.467 e. The van der Waals surface area contributed by atoms with E-state index in [9.17, 15) is 4.79 Å². The number of fused-ring (bicyclic) bond motifs is 1. The van der Waals surface area contributed by atoms with Crippen molar-refractivity contribution in [2.45, 2.75) is 13.5 Å². The summed E-state index contributed by atoms with van der Waals surface area (Å²) in [4.78, 5) is 16.7. The average Bonchev–Trinajstić information content (AvgIpc) is 3.33. The molecule has 0 atom stereocenters. The van der Waals surface area contributed by atoms with Gasteiger partial charge < -0.3 is 23.4 Å². The minimum atomic E-state index is -0.363. The number of hydrogen-bond donors (Lipinski definition) is 1. The molecule has 26 heavy (non-hydrogen) atoms. The lowest BCUT2D eigenvalue weighted by molar-refractivity contribution is 0.0921. The largest absolute Gasteiger partial charge is 0.467 e. The quantitative estimate of drug-likeness (QED) is 0.463. The molecule has 0 spiro atoms. The van der Waals surface area contributed by atoms with E-state index < -0.39 is 0 Å². The standard InChI is InChI=1S/C18H20N2O6/c1-2-22-8-9-24-18(19-11-14-4-3-7-23-14)20-17(21)13-5-6-15-16(10-13)26-12-25-15/h3-7,10H,2,8-9,11-12H2,1H3,(H,19,20,21). The first-order valence-electron chi connectivity index (χ1n) is 8.24. The maximum atomic E-state index is 12.5. The number of aliphatic imine (C=N–C) groups is 1. The van der Waals surface area contributed by atoms with Gasteiger partial charge in [0.25, 0.3) is 11.9 Å². The van der Waals surface area contributed by atoms with Crippen LogP contribution < -0.4 is 14.8 Å². The second-order valence-electron chi connectivity index (χ2n) is 5.27. The Morgan fingerprint density at radius 3 is 2.92 bits per heavy atom. The van der Waals surface area contributed by atoms with Crippen molar-refractivity contribution in [3.8, 4) is 11.5 Å². The van der Waals surface area contributed by atoms with Gasteiger partial charge in [0.1, 0.15) is 18.9 Å². The summed E-state index contributed by atoms with van der Waals surface area (Å²) in [6, 6.07) is 8.61. The van der Waals surface area contributed by atoms with Crippen molar-refractivity contribution in [1.29, 1.82) is 0 Å². The Balaban J connectivity index is 1.65. The van der Waals surface area contributed by atoms with Gasteiger partial charge in [-0.3, -0.25) is 10.1 Å². The van der Waals surface area contributed by atoms with Gasteiger partial charge in [0.05, 0.1) is 12.9 Å². The molecular weight excluding hydrogens is 340 g/mol. The lowest BCUT2D eigenvalue weighted by Gasteiger charge is -2.11. The number of furan rings is 1. The second kappa shape index (κ2) is 8.91. The highest BCUT2D eigenvalue weighted by molar-refractivity contribution is 6.04. The van der Waals surface area contributed by atoms with E-state index in [0.29, 0.717) is 36.0 Å². The molecule has 2 heterocycles. The number of carbonyl (C=O) groups excluding carboxylic acids is 1. The topological polar surface area (TPSA) is 91.5 Å². The van der Waals surface area contributed by atoms with Gasteiger partial charge in [-0.15, -0.1) is 0 Å². The smallest absolute Gasteiger partial charge is 0.292 e. The van der Waals surface area contributed by atoms with Crippen molar-refractivity contribution in [2.24, 2.45) is 4.99 Å². The normalized spacial score (nSPS) is 12.9. The molecule has 1 aliphatic heterocycles. The number of rotatable bonds is 7. The van der Waals surface area contributed by atoms with Crippen molar-refractivity contribution < 1.29 is 28.2 Å². The van der Waals surface area contributed by atoms with Gasteiger partial charge in [-0.1, -0.05) is 0 Å². The van der Waals surface area contributed by atoms with Crippen molar-refractivity contribution in [3.63, 3.8) is 0 Å². The lowest BCUT2D eigenvalue weighted by atomic mass is 10.2. The zero-order valence-electron chi connectivity index (χ0n) is 14.4. The highest BCUT2D eigenvalue weighted by Crippen LogP contribution is 2.32. The molecule has 8 nitrogen and oxygen atoms in total. The zero-order valence-corrected chi connectivity index (χ0v) is 14.4. The van der Waals surface area contributed by atoms with Gasteiger partial charge in [0, 0.05) is 12.2 Å². The van der Waals surface area contributed by atoms with Crippen LogP contribution in [0.5, 0.6) is 11.5 Å². The molecule has 1 N–H and O–H groups in total. The van der Waals surface area contributed by atoms with Crippen molar-refractivity contribution >= 4 is 11.9 Å². The molecule has 0 fully saturated rings. The van der Waals surface area contributed by atoms with E-state index in [4.69, 9.17) is 23.4 Å². The fourth-order valence-electron chi connectivity index (χ4n) is 2.22. The van der Waals surface area contributed by atoms with Crippen molar-refractivity contribution in [1.82, 2.24) is 5.32 Å². The molecule has 1 amide bonds. The summed E-state index contributed by atoms with van der Waals surface area (Å²) < 4.78 is 26.5. The van der Waals surface area contributed by atoms with E-state index in [1.54, 1.807) is 36.6 Å². The van der Waals surface area contributed by atoms with Crippen LogP contribution in [0.25, 0.3) is 0 Å². The van der Waals surface area contributed by atoms with Crippen LogP contribution in [0.1, 0.15) is 23.0 Å². The number of ether oxygens (including phenoxy) is 4. The van der Waals surface area contributed by atoms with Crippen molar-refractivity contribution in [3.05, 3.63) is 47.9 Å². The summed E-state index contributed by atoms with van der Waals surface area (Å²) in [6.07, 6.45) is 1.56. The van der Waals surface area contributed by atoms with Crippen LogP contribution in [0.3, 0.4) is 0 Å². The molecular formula is C18H20N2O6. The number of benzene rings is 1. The van der Waals surface area contributed by atoms with Crippen LogP contribution >= 0.6 is 0 Å². The first kappa shape index (κ1) is 17.8. The maximum Gasteiger partial charge on any atom is 0.292 e. The van der Waals surface area contributed by atoms with E-state index in [0.717, 1.165) is 0 Å². The van der Waals surface area contributed by atoms with Gasteiger partial charge in [0.15, 0.2) is 11.5 Å². The predicted molar refractivity (Wildman–Crippen MR) is 92.3 cm³/mol. The fourth-order valence-corrected chi connectivity index (χ4v) is 2.22. The van der Waals surface area contributed by atoms with Gasteiger partial charge in [0.2, 0.25) is 6.79 Å². The first-order chi connectivity index (χ1) is 12.8. The fraction of sp³-hybridized carbons (Fsp3) is 0.333. The van der Waals surface area contributed by atoms with Crippen LogP contribution in [-0.4, -0.2) is 38.5 Å². The van der Waals surface area contributed by atoms with E-state index in [-0.39, 0.29) is 31.9 Å². The Labute approximate surface area is 150 Å². The summed E-state index contributed by atoms with van der Waals surface area (Å²) in [5.41, 5.74) is 0.411. The van der Waals surface area contributed by atoms with E-state index in [1.165, 1.54) is 0 Å². The Morgan fingerprint density at radius 1 is 1.23 bits per heavy atom. The molecule has 0 saturated heterocycles. The molecule has 1 aliphatic rings. The highest BCUT2D eigenvalue weighted by Gasteiger charge is 2.17. The van der Waals surface area contributed by atoms with Crippen LogP contribution in [0.2, 0.25) is 0 Å². The summed E-state index contributed by atoms with van der Waals surface area (Å²) >= 11 is 0. The molecule has 8 heteroatoms. The molecule has 0 aliphatic carbocycles. The zero-order chi connectivity index (χ0) is 18.2. The van der Waals surface area contributed by atoms with Crippen LogP contribution in [0, 0.1) is 0 Å². The molecule has 0 radical (unpaired) electrons. The number of nitrogens with zero attached hydrogens (tertiary/aromatic N) is 1. The number of nitrogens with one attached hydrogen (secondary N) is 1. The van der Waals surface area contributed by atoms with Gasteiger partial charge >= 0.3 is 0 Å². The minimum absolute atomic E-state index is 0.101. The van der Waals surface area contributed by atoms with Crippen LogP contribution in [-0.2, 0) is 16.0 Å². The summed E-state index contributed by atoms with van der Waals surface area (Å²) in [6.45, 7) is 3.55. The van der Waals surface area contributed by atoms with Crippen molar-refractivity contribution in [2.75, 3.05) is 26.6 Å². The summed E-state index contributed by atoms with van der Waals surface area (Å²) in [7, 11) is 0. The first-order valence-corrected chi connectivity index (χ1v) is 8.24. The van der Waals surface area contributed by atoms with Crippen LogP contribution in [0.15, 0.2) is 46.0 Å².